The molecule has 8 nitrogen and oxygen atoms in total. The quantitative estimate of drug-likeness (QED) is 0.0825. The van der Waals surface area contributed by atoms with E-state index in [1.54, 1.807) is 21.3 Å². The van der Waals surface area contributed by atoms with Crippen LogP contribution in [0.2, 0.25) is 0 Å². The zero-order valence-electron chi connectivity index (χ0n) is 35.7. The highest BCUT2D eigenvalue weighted by atomic mass is 16.5. The molecule has 1 fully saturated rings. The van der Waals surface area contributed by atoms with Crippen LogP contribution in [-0.2, 0) is 11.0 Å². The van der Waals surface area contributed by atoms with Crippen molar-refractivity contribution in [1.82, 2.24) is 0 Å². The van der Waals surface area contributed by atoms with E-state index < -0.39 is 5.60 Å². The molecule has 8 heteroatoms. The van der Waals surface area contributed by atoms with Gasteiger partial charge in [0.05, 0.1) is 21.3 Å². The fraction of sp³-hybridized carbons (Fsp3) is 0.308. The summed E-state index contributed by atoms with van der Waals surface area (Å²) in [4.78, 5) is 3.01. The third-order valence-corrected chi connectivity index (χ3v) is 12.9. The normalized spacial score (nSPS) is 18.7. The van der Waals surface area contributed by atoms with Crippen LogP contribution in [0.3, 0.4) is 0 Å². The highest BCUT2D eigenvalue weighted by molar-refractivity contribution is 6.11. The van der Waals surface area contributed by atoms with E-state index in [4.69, 9.17) is 23.7 Å². The molecule has 1 spiro atoms. The number of azide groups is 1. The fourth-order valence-electron chi connectivity index (χ4n) is 11.3. The van der Waals surface area contributed by atoms with Crippen LogP contribution in [0.15, 0.2) is 114 Å². The molecular formula is C52H51N3O5. The summed E-state index contributed by atoms with van der Waals surface area (Å²) in [6.45, 7) is 11.6. The largest absolute Gasteiger partial charge is 0.497 e. The summed E-state index contributed by atoms with van der Waals surface area (Å²) < 4.78 is 31.5. The Morgan fingerprint density at radius 3 is 2.02 bits per heavy atom. The van der Waals surface area contributed by atoms with E-state index in [1.165, 1.54) is 27.8 Å². The fourth-order valence-corrected chi connectivity index (χ4v) is 11.3. The Morgan fingerprint density at radius 1 is 0.683 bits per heavy atom. The maximum absolute atomic E-state index is 9.33. The molecule has 1 heterocycles. The number of benzene rings is 6. The molecule has 0 saturated heterocycles. The van der Waals surface area contributed by atoms with Gasteiger partial charge < -0.3 is 23.7 Å². The van der Waals surface area contributed by atoms with Crippen LogP contribution in [-0.4, -0.2) is 28.1 Å². The van der Waals surface area contributed by atoms with Crippen LogP contribution in [0.25, 0.3) is 49.5 Å². The number of fused-ring (bicyclic) bond motifs is 10. The number of nitrogens with zero attached hydrogens (tertiary/aromatic N) is 3. The zero-order valence-corrected chi connectivity index (χ0v) is 35.7. The monoisotopic (exact) mass is 797 g/mol. The van der Waals surface area contributed by atoms with Crippen LogP contribution in [0, 0.1) is 17.8 Å². The summed E-state index contributed by atoms with van der Waals surface area (Å²) in [5, 5.41) is 5.74. The van der Waals surface area contributed by atoms with Gasteiger partial charge in [-0.3, -0.25) is 0 Å². The van der Waals surface area contributed by atoms with Crippen molar-refractivity contribution in [1.29, 1.82) is 0 Å². The molecule has 0 radical (unpaired) electrons. The van der Waals surface area contributed by atoms with Gasteiger partial charge in [0, 0.05) is 49.6 Å². The van der Waals surface area contributed by atoms with Crippen molar-refractivity contribution in [2.75, 3.05) is 28.1 Å². The van der Waals surface area contributed by atoms with Crippen LogP contribution in [0.4, 0.5) is 0 Å². The highest BCUT2D eigenvalue weighted by Gasteiger charge is 2.55. The molecule has 0 aromatic heterocycles. The lowest BCUT2D eigenvalue weighted by atomic mass is 9.52. The molecule has 304 valence electrons. The van der Waals surface area contributed by atoms with Crippen molar-refractivity contribution >= 4 is 16.8 Å². The zero-order chi connectivity index (χ0) is 42.0. The first kappa shape index (κ1) is 39.1. The lowest BCUT2D eigenvalue weighted by molar-refractivity contribution is 0.0642. The molecule has 60 heavy (non-hydrogen) atoms. The van der Waals surface area contributed by atoms with E-state index in [-0.39, 0.29) is 23.0 Å². The molecule has 0 N–H and O–H groups in total. The van der Waals surface area contributed by atoms with Crippen molar-refractivity contribution in [2.45, 2.75) is 64.9 Å². The number of rotatable bonds is 9. The minimum atomic E-state index is -0.980. The van der Waals surface area contributed by atoms with Crippen LogP contribution in [0.1, 0.15) is 80.3 Å². The molecule has 9 rings (SSSR count). The van der Waals surface area contributed by atoms with E-state index >= 15 is 0 Å². The second kappa shape index (κ2) is 14.4. The summed E-state index contributed by atoms with van der Waals surface area (Å²) in [5.41, 5.74) is 19.1. The SMILES string of the molecule is COc1ccc(C2(c3ccc(C)cc3)C=Cc3c4c(c5cc(OCN=[N+]=[N-])c(-c6ccc(OC)cc6OC)cc5c3O2)-c2ccccc2C42CC(C)(C)CC(C)(C)C2)cc1. The third-order valence-electron chi connectivity index (χ3n) is 12.9. The van der Waals surface area contributed by atoms with Crippen LogP contribution >= 0.6 is 0 Å². The number of ether oxygens (including phenoxy) is 5. The first-order valence-electron chi connectivity index (χ1n) is 20.6. The Hall–Kier alpha value is -6.37. The Bertz CT molecular complexity index is 2730. The summed E-state index contributed by atoms with van der Waals surface area (Å²) in [7, 11) is 4.97. The lowest BCUT2D eigenvalue weighted by Crippen LogP contribution is -2.44. The molecule has 1 saturated carbocycles. The standard InChI is InChI=1S/C52H51N3O5/c1-32-13-15-33(16-14-32)52(34-17-19-35(56-6)20-18-34)24-23-39-47-46(38-11-9-10-12-43(38)51(47)29-49(2,3)28-50(4,5)30-51)41-27-45(59-31-54-55-53)40(26-42(41)48(39)60-52)37-22-21-36(57-7)25-44(37)58-8/h9-27H,28-31H2,1-8H3. The Kier molecular flexibility index (Phi) is 9.40. The van der Waals surface area contributed by atoms with Crippen molar-refractivity contribution in [3.05, 3.63) is 153 Å². The summed E-state index contributed by atoms with van der Waals surface area (Å²) in [6.07, 6.45) is 7.70. The predicted molar refractivity (Wildman–Crippen MR) is 239 cm³/mol. The first-order chi connectivity index (χ1) is 28.9. The molecule has 6 aromatic rings. The second-order valence-electron chi connectivity index (χ2n) is 18.2. The van der Waals surface area contributed by atoms with Gasteiger partial charge in [0.15, 0.2) is 12.3 Å². The van der Waals surface area contributed by atoms with Crippen molar-refractivity contribution in [3.63, 3.8) is 0 Å². The van der Waals surface area contributed by atoms with Gasteiger partial charge in [-0.25, -0.2) is 0 Å². The van der Waals surface area contributed by atoms with E-state index in [0.717, 1.165) is 69.4 Å². The summed E-state index contributed by atoms with van der Waals surface area (Å²) in [6, 6.07) is 35.8. The molecule has 6 aromatic carbocycles. The van der Waals surface area contributed by atoms with E-state index in [1.807, 2.05) is 30.3 Å². The summed E-state index contributed by atoms with van der Waals surface area (Å²) >= 11 is 0. The number of methoxy groups -OCH3 is 3. The molecule has 3 aliphatic rings. The van der Waals surface area contributed by atoms with Gasteiger partial charge in [0.25, 0.3) is 0 Å². The molecule has 0 amide bonds. The van der Waals surface area contributed by atoms with Gasteiger partial charge in [0.1, 0.15) is 28.7 Å². The molecule has 2 aliphatic carbocycles. The molecular weight excluding hydrogens is 747 g/mol. The predicted octanol–water partition coefficient (Wildman–Crippen LogP) is 13.3. The van der Waals surface area contributed by atoms with E-state index in [2.05, 4.69) is 130 Å². The van der Waals surface area contributed by atoms with Gasteiger partial charge in [-0.15, -0.1) is 0 Å². The van der Waals surface area contributed by atoms with Crippen LogP contribution in [0.5, 0.6) is 28.7 Å². The topological polar surface area (TPSA) is 94.9 Å². The third kappa shape index (κ3) is 6.24. The Labute approximate surface area is 352 Å². The van der Waals surface area contributed by atoms with Gasteiger partial charge in [0.2, 0.25) is 0 Å². The van der Waals surface area contributed by atoms with Crippen molar-refractivity contribution < 1.29 is 23.7 Å². The lowest BCUT2D eigenvalue weighted by Gasteiger charge is -2.52. The highest BCUT2D eigenvalue weighted by Crippen LogP contribution is 2.67. The van der Waals surface area contributed by atoms with Crippen LogP contribution < -0.4 is 23.7 Å². The van der Waals surface area contributed by atoms with Gasteiger partial charge in [-0.1, -0.05) is 105 Å². The number of hydrogen-bond acceptors (Lipinski definition) is 6. The maximum Gasteiger partial charge on any atom is 0.178 e. The summed E-state index contributed by atoms with van der Waals surface area (Å²) in [5.74, 6) is 3.41. The average molecular weight is 798 g/mol. The van der Waals surface area contributed by atoms with Crippen molar-refractivity contribution in [3.8, 4) is 51.0 Å². The van der Waals surface area contributed by atoms with Gasteiger partial charge in [-0.05, 0) is 113 Å². The minimum absolute atomic E-state index is 0.0602. The molecule has 1 aliphatic heterocycles. The number of hydrogen-bond donors (Lipinski definition) is 0. The smallest absolute Gasteiger partial charge is 0.178 e. The Balaban J connectivity index is 1.43. The van der Waals surface area contributed by atoms with Crippen molar-refractivity contribution in [2.24, 2.45) is 15.9 Å². The molecule has 0 bridgehead atoms. The van der Waals surface area contributed by atoms with E-state index in [9.17, 15) is 5.53 Å². The Morgan fingerprint density at radius 2 is 1.35 bits per heavy atom. The number of aryl methyl sites for hydroxylation is 1. The van der Waals surface area contributed by atoms with Gasteiger partial charge >= 0.3 is 0 Å². The van der Waals surface area contributed by atoms with E-state index in [0.29, 0.717) is 17.2 Å². The first-order valence-corrected chi connectivity index (χ1v) is 20.6. The second-order valence-corrected chi connectivity index (χ2v) is 18.2. The molecule has 1 atom stereocenters. The van der Waals surface area contributed by atoms with Gasteiger partial charge in [-0.2, -0.15) is 0 Å². The molecule has 1 unspecified atom stereocenters. The minimum Gasteiger partial charge on any atom is -0.497 e. The maximum atomic E-state index is 9.33. The average Bonchev–Trinajstić information content (AvgIpc) is 3.50.